The Morgan fingerprint density at radius 2 is 1.89 bits per heavy atom. The summed E-state index contributed by atoms with van der Waals surface area (Å²) in [6.07, 6.45) is 5.38. The van der Waals surface area contributed by atoms with Crippen molar-refractivity contribution >= 4 is 0 Å². The van der Waals surface area contributed by atoms with Gasteiger partial charge in [-0.05, 0) is 30.2 Å². The van der Waals surface area contributed by atoms with Crippen LogP contribution in [-0.2, 0) is 6.42 Å². The molecule has 0 aliphatic rings. The maximum Gasteiger partial charge on any atom is 0.124 e. The fourth-order valence-electron chi connectivity index (χ4n) is 1.97. The quantitative estimate of drug-likeness (QED) is 0.864. The smallest absolute Gasteiger partial charge is 0.124 e. The highest BCUT2D eigenvalue weighted by Gasteiger charge is 2.09. The SMILES string of the molecule is CC[C@@H](N)c1ccccc1OCCc1ccncc1. The molecule has 1 heterocycles. The number of benzene rings is 1. The Kier molecular flexibility index (Phi) is 4.93. The molecule has 1 atom stereocenters. The summed E-state index contributed by atoms with van der Waals surface area (Å²) in [4.78, 5) is 4.00. The number of para-hydroxylation sites is 1. The molecule has 3 heteroatoms. The van der Waals surface area contributed by atoms with Crippen LogP contribution < -0.4 is 10.5 Å². The molecule has 0 amide bonds. The maximum absolute atomic E-state index is 6.09. The molecule has 3 nitrogen and oxygen atoms in total. The Bertz CT molecular complexity index is 499. The Morgan fingerprint density at radius 1 is 1.16 bits per heavy atom. The highest BCUT2D eigenvalue weighted by atomic mass is 16.5. The van der Waals surface area contributed by atoms with Crippen LogP contribution in [0.5, 0.6) is 5.75 Å². The largest absolute Gasteiger partial charge is 0.493 e. The van der Waals surface area contributed by atoms with Gasteiger partial charge in [0.1, 0.15) is 5.75 Å². The number of aromatic nitrogens is 1. The van der Waals surface area contributed by atoms with Crippen LogP contribution in [0.3, 0.4) is 0 Å². The van der Waals surface area contributed by atoms with E-state index in [-0.39, 0.29) is 6.04 Å². The molecular weight excluding hydrogens is 236 g/mol. The van der Waals surface area contributed by atoms with E-state index >= 15 is 0 Å². The fourth-order valence-corrected chi connectivity index (χ4v) is 1.97. The maximum atomic E-state index is 6.09. The van der Waals surface area contributed by atoms with E-state index in [4.69, 9.17) is 10.5 Å². The Morgan fingerprint density at radius 3 is 2.63 bits per heavy atom. The molecule has 0 unspecified atom stereocenters. The molecule has 2 N–H and O–H groups in total. The van der Waals surface area contributed by atoms with Crippen molar-refractivity contribution in [3.05, 3.63) is 59.9 Å². The third-order valence-corrected chi connectivity index (χ3v) is 3.16. The minimum absolute atomic E-state index is 0.0390. The lowest BCUT2D eigenvalue weighted by Gasteiger charge is -2.15. The average molecular weight is 256 g/mol. The summed E-state index contributed by atoms with van der Waals surface area (Å²) in [6, 6.07) is 12.1. The van der Waals surface area contributed by atoms with E-state index in [0.29, 0.717) is 6.61 Å². The van der Waals surface area contributed by atoms with Crippen molar-refractivity contribution in [1.82, 2.24) is 4.98 Å². The first-order chi connectivity index (χ1) is 9.31. The Hall–Kier alpha value is -1.87. The van der Waals surface area contributed by atoms with Crippen LogP contribution in [-0.4, -0.2) is 11.6 Å². The van der Waals surface area contributed by atoms with Gasteiger partial charge in [0, 0.05) is 30.4 Å². The summed E-state index contributed by atoms with van der Waals surface area (Å²) in [5.41, 5.74) is 8.40. The monoisotopic (exact) mass is 256 g/mol. The van der Waals surface area contributed by atoms with Gasteiger partial charge in [-0.2, -0.15) is 0 Å². The second-order valence-electron chi connectivity index (χ2n) is 4.51. The summed E-state index contributed by atoms with van der Waals surface area (Å²) in [6.45, 7) is 2.73. The fraction of sp³-hybridized carbons (Fsp3) is 0.312. The average Bonchev–Trinajstić information content (AvgIpc) is 2.48. The molecule has 0 saturated carbocycles. The lowest BCUT2D eigenvalue weighted by Crippen LogP contribution is -2.11. The minimum Gasteiger partial charge on any atom is -0.493 e. The summed E-state index contributed by atoms with van der Waals surface area (Å²) in [5.74, 6) is 0.894. The first kappa shape index (κ1) is 13.6. The first-order valence-electron chi connectivity index (χ1n) is 6.67. The number of hydrogen-bond donors (Lipinski definition) is 1. The highest BCUT2D eigenvalue weighted by molar-refractivity contribution is 5.35. The zero-order valence-electron chi connectivity index (χ0n) is 11.3. The topological polar surface area (TPSA) is 48.1 Å². The van der Waals surface area contributed by atoms with Crippen LogP contribution in [0.15, 0.2) is 48.8 Å². The Balaban J connectivity index is 1.96. The zero-order valence-corrected chi connectivity index (χ0v) is 11.3. The van der Waals surface area contributed by atoms with Crippen LogP contribution in [0.25, 0.3) is 0 Å². The third-order valence-electron chi connectivity index (χ3n) is 3.16. The number of pyridine rings is 1. The molecule has 0 bridgehead atoms. The van der Waals surface area contributed by atoms with Crippen molar-refractivity contribution in [2.24, 2.45) is 5.73 Å². The molecule has 0 aliphatic carbocycles. The second kappa shape index (κ2) is 6.90. The van der Waals surface area contributed by atoms with Gasteiger partial charge in [-0.15, -0.1) is 0 Å². The predicted molar refractivity (Wildman–Crippen MR) is 77.1 cm³/mol. The van der Waals surface area contributed by atoms with E-state index in [0.717, 1.165) is 24.2 Å². The summed E-state index contributed by atoms with van der Waals surface area (Å²) < 4.78 is 5.86. The number of hydrogen-bond acceptors (Lipinski definition) is 3. The van der Waals surface area contributed by atoms with E-state index in [1.54, 1.807) is 12.4 Å². The van der Waals surface area contributed by atoms with Crippen molar-refractivity contribution in [1.29, 1.82) is 0 Å². The van der Waals surface area contributed by atoms with Crippen LogP contribution in [0.1, 0.15) is 30.5 Å². The van der Waals surface area contributed by atoms with Gasteiger partial charge >= 0.3 is 0 Å². The lowest BCUT2D eigenvalue weighted by atomic mass is 10.0. The number of nitrogens with zero attached hydrogens (tertiary/aromatic N) is 1. The Labute approximate surface area is 114 Å². The van der Waals surface area contributed by atoms with Crippen LogP contribution in [0.4, 0.5) is 0 Å². The van der Waals surface area contributed by atoms with Crippen LogP contribution in [0, 0.1) is 0 Å². The van der Waals surface area contributed by atoms with Crippen molar-refractivity contribution in [2.75, 3.05) is 6.61 Å². The van der Waals surface area contributed by atoms with Crippen molar-refractivity contribution in [3.8, 4) is 5.75 Å². The molecule has 1 aromatic heterocycles. The van der Waals surface area contributed by atoms with E-state index in [9.17, 15) is 0 Å². The first-order valence-corrected chi connectivity index (χ1v) is 6.67. The summed E-state index contributed by atoms with van der Waals surface area (Å²) in [5, 5.41) is 0. The number of rotatable bonds is 6. The predicted octanol–water partition coefficient (Wildman–Crippen LogP) is 3.11. The van der Waals surface area contributed by atoms with Gasteiger partial charge in [-0.3, -0.25) is 4.98 Å². The van der Waals surface area contributed by atoms with Crippen LogP contribution in [0.2, 0.25) is 0 Å². The van der Waals surface area contributed by atoms with Crippen molar-refractivity contribution < 1.29 is 4.74 Å². The summed E-state index contributed by atoms with van der Waals surface area (Å²) in [7, 11) is 0. The lowest BCUT2D eigenvalue weighted by molar-refractivity contribution is 0.316. The molecule has 0 spiro atoms. The molecule has 0 fully saturated rings. The molecule has 2 aromatic rings. The standard InChI is InChI=1S/C16H20N2O/c1-2-15(17)14-5-3-4-6-16(14)19-12-9-13-7-10-18-11-8-13/h3-8,10-11,15H,2,9,12,17H2,1H3/t15-/m1/s1. The molecule has 19 heavy (non-hydrogen) atoms. The molecule has 0 aliphatic heterocycles. The summed E-state index contributed by atoms with van der Waals surface area (Å²) >= 11 is 0. The van der Waals surface area contributed by atoms with Gasteiger partial charge in [-0.1, -0.05) is 25.1 Å². The van der Waals surface area contributed by atoms with E-state index in [2.05, 4.69) is 11.9 Å². The second-order valence-corrected chi connectivity index (χ2v) is 4.51. The van der Waals surface area contributed by atoms with Crippen LogP contribution >= 0.6 is 0 Å². The molecule has 0 saturated heterocycles. The molecule has 0 radical (unpaired) electrons. The van der Waals surface area contributed by atoms with Gasteiger partial charge < -0.3 is 10.5 Å². The third kappa shape index (κ3) is 3.80. The van der Waals surface area contributed by atoms with E-state index in [1.165, 1.54) is 5.56 Å². The normalized spacial score (nSPS) is 12.1. The molecule has 2 rings (SSSR count). The minimum atomic E-state index is 0.0390. The number of nitrogens with two attached hydrogens (primary N) is 1. The van der Waals surface area contributed by atoms with Gasteiger partial charge in [0.25, 0.3) is 0 Å². The van der Waals surface area contributed by atoms with Gasteiger partial charge in [0.05, 0.1) is 6.61 Å². The van der Waals surface area contributed by atoms with Gasteiger partial charge in [0.15, 0.2) is 0 Å². The van der Waals surface area contributed by atoms with Gasteiger partial charge in [-0.25, -0.2) is 0 Å². The van der Waals surface area contributed by atoms with E-state index < -0.39 is 0 Å². The molecular formula is C16H20N2O. The van der Waals surface area contributed by atoms with Gasteiger partial charge in [0.2, 0.25) is 0 Å². The van der Waals surface area contributed by atoms with Crippen molar-refractivity contribution in [3.63, 3.8) is 0 Å². The van der Waals surface area contributed by atoms with Crippen molar-refractivity contribution in [2.45, 2.75) is 25.8 Å². The highest BCUT2D eigenvalue weighted by Crippen LogP contribution is 2.25. The zero-order chi connectivity index (χ0) is 13.5. The molecule has 100 valence electrons. The number of ether oxygens (including phenoxy) is 1. The van der Waals surface area contributed by atoms with E-state index in [1.807, 2.05) is 36.4 Å². The molecule has 1 aromatic carbocycles.